The molecule has 1 aromatic rings. The number of carbonyl (C=O) groups excluding carboxylic acids is 2. The van der Waals surface area contributed by atoms with Crippen LogP contribution in [0.15, 0.2) is 24.3 Å². The van der Waals surface area contributed by atoms with E-state index < -0.39 is 5.60 Å². The topological polar surface area (TPSA) is 79.5 Å². The molecule has 1 saturated carbocycles. The molecule has 0 aliphatic heterocycles. The smallest absolute Gasteiger partial charge is 0.407 e. The van der Waals surface area contributed by atoms with Gasteiger partial charge in [-0.15, -0.1) is 0 Å². The minimum absolute atomic E-state index is 0.0972. The van der Waals surface area contributed by atoms with Crippen LogP contribution in [-0.4, -0.2) is 29.8 Å². The van der Waals surface area contributed by atoms with Crippen LogP contribution in [-0.2, 0) is 11.3 Å². The summed E-state index contributed by atoms with van der Waals surface area (Å²) in [6.07, 6.45) is 2.92. The largest absolute Gasteiger partial charge is 0.444 e. The number of hydrogen-bond donors (Lipinski definition) is 3. The predicted molar refractivity (Wildman–Crippen MR) is 102 cm³/mol. The normalized spacial score (nSPS) is 20.2. The standard InChI is InChI=1S/C19H28ClN3O3/c1-19(2,3)26-18(25)23-16-10-8-15(9-11-16)22-17(24)21-12-13-4-6-14(20)7-5-13/h4-7,15-16H,8-12H2,1-3H3,(H,23,25)(H2,21,22,24). The molecule has 1 aromatic carbocycles. The Bertz CT molecular complexity index is 605. The van der Waals surface area contributed by atoms with Gasteiger partial charge in [0.25, 0.3) is 0 Å². The van der Waals surface area contributed by atoms with E-state index in [2.05, 4.69) is 16.0 Å². The SMILES string of the molecule is CC(C)(C)OC(=O)NC1CCC(NC(=O)NCc2ccc(Cl)cc2)CC1. The minimum Gasteiger partial charge on any atom is -0.444 e. The zero-order valence-electron chi connectivity index (χ0n) is 15.6. The molecule has 0 heterocycles. The van der Waals surface area contributed by atoms with E-state index in [1.807, 2.05) is 32.9 Å². The van der Waals surface area contributed by atoms with Gasteiger partial charge in [0.15, 0.2) is 0 Å². The molecule has 0 unspecified atom stereocenters. The Labute approximate surface area is 160 Å². The van der Waals surface area contributed by atoms with Crippen LogP contribution in [0.3, 0.4) is 0 Å². The molecular formula is C19H28ClN3O3. The number of rotatable bonds is 4. The maximum atomic E-state index is 12.0. The maximum absolute atomic E-state index is 12.0. The van der Waals surface area contributed by atoms with Crippen molar-refractivity contribution in [1.82, 2.24) is 16.0 Å². The third kappa shape index (κ3) is 7.52. The minimum atomic E-state index is -0.495. The molecule has 6 nitrogen and oxygen atoms in total. The summed E-state index contributed by atoms with van der Waals surface area (Å²) in [6, 6.07) is 7.41. The fourth-order valence-electron chi connectivity index (χ4n) is 2.88. The van der Waals surface area contributed by atoms with Gasteiger partial charge < -0.3 is 20.7 Å². The lowest BCUT2D eigenvalue weighted by Gasteiger charge is -2.30. The fraction of sp³-hybridized carbons (Fsp3) is 0.579. The first-order valence-electron chi connectivity index (χ1n) is 8.99. The zero-order chi connectivity index (χ0) is 19.2. The molecule has 1 fully saturated rings. The number of carbonyl (C=O) groups is 2. The van der Waals surface area contributed by atoms with Crippen molar-refractivity contribution in [2.75, 3.05) is 0 Å². The summed E-state index contributed by atoms with van der Waals surface area (Å²) in [6.45, 7) is 5.99. The van der Waals surface area contributed by atoms with Crippen LogP contribution in [0, 0.1) is 0 Å². The second kappa shape index (κ2) is 9.12. The number of ether oxygens (including phenoxy) is 1. The number of alkyl carbamates (subject to hydrolysis) is 1. The molecule has 0 bridgehead atoms. The van der Waals surface area contributed by atoms with Crippen LogP contribution < -0.4 is 16.0 Å². The van der Waals surface area contributed by atoms with Gasteiger partial charge in [0.05, 0.1) is 0 Å². The van der Waals surface area contributed by atoms with Gasteiger partial charge in [-0.05, 0) is 64.2 Å². The molecule has 1 aliphatic rings. The zero-order valence-corrected chi connectivity index (χ0v) is 16.4. The van der Waals surface area contributed by atoms with E-state index in [1.54, 1.807) is 12.1 Å². The number of halogens is 1. The van der Waals surface area contributed by atoms with Crippen LogP contribution >= 0.6 is 11.6 Å². The summed E-state index contributed by atoms with van der Waals surface area (Å²) < 4.78 is 5.28. The molecular weight excluding hydrogens is 354 g/mol. The van der Waals surface area contributed by atoms with Crippen molar-refractivity contribution < 1.29 is 14.3 Å². The lowest BCUT2D eigenvalue weighted by atomic mass is 9.91. The average Bonchev–Trinajstić information content (AvgIpc) is 2.54. The van der Waals surface area contributed by atoms with Crippen LogP contribution in [0.2, 0.25) is 5.02 Å². The lowest BCUT2D eigenvalue weighted by molar-refractivity contribution is 0.0490. The highest BCUT2D eigenvalue weighted by Gasteiger charge is 2.25. The molecule has 0 atom stereocenters. The molecule has 0 aromatic heterocycles. The Hall–Kier alpha value is -1.95. The highest BCUT2D eigenvalue weighted by Crippen LogP contribution is 2.19. The Kier molecular flexibility index (Phi) is 7.14. The molecule has 144 valence electrons. The summed E-state index contributed by atoms with van der Waals surface area (Å²) >= 11 is 5.84. The van der Waals surface area contributed by atoms with Crippen LogP contribution in [0.25, 0.3) is 0 Å². The maximum Gasteiger partial charge on any atom is 0.407 e. The summed E-state index contributed by atoms with van der Waals surface area (Å²) in [7, 11) is 0. The van der Waals surface area contributed by atoms with Crippen molar-refractivity contribution in [1.29, 1.82) is 0 Å². The highest BCUT2D eigenvalue weighted by molar-refractivity contribution is 6.30. The molecule has 0 radical (unpaired) electrons. The van der Waals surface area contributed by atoms with E-state index in [-0.39, 0.29) is 24.2 Å². The molecule has 0 saturated heterocycles. The Morgan fingerprint density at radius 2 is 1.58 bits per heavy atom. The van der Waals surface area contributed by atoms with E-state index in [9.17, 15) is 9.59 Å². The summed E-state index contributed by atoms with van der Waals surface area (Å²) in [5.41, 5.74) is 0.500. The average molecular weight is 382 g/mol. The summed E-state index contributed by atoms with van der Waals surface area (Å²) in [4.78, 5) is 23.8. The van der Waals surface area contributed by atoms with Crippen molar-refractivity contribution in [3.8, 4) is 0 Å². The summed E-state index contributed by atoms with van der Waals surface area (Å²) in [5, 5.41) is 9.42. The second-order valence-corrected chi connectivity index (χ2v) is 8.08. The van der Waals surface area contributed by atoms with Crippen molar-refractivity contribution in [3.63, 3.8) is 0 Å². The van der Waals surface area contributed by atoms with Gasteiger partial charge in [0.1, 0.15) is 5.60 Å². The number of nitrogens with one attached hydrogen (secondary N) is 3. The van der Waals surface area contributed by atoms with Crippen molar-refractivity contribution in [3.05, 3.63) is 34.9 Å². The van der Waals surface area contributed by atoms with Gasteiger partial charge in [-0.1, -0.05) is 23.7 Å². The van der Waals surface area contributed by atoms with Crippen molar-refractivity contribution in [2.24, 2.45) is 0 Å². The quantitative estimate of drug-likeness (QED) is 0.738. The van der Waals surface area contributed by atoms with E-state index in [1.165, 1.54) is 0 Å². The molecule has 7 heteroatoms. The Morgan fingerprint density at radius 1 is 1.04 bits per heavy atom. The van der Waals surface area contributed by atoms with E-state index >= 15 is 0 Å². The predicted octanol–water partition coefficient (Wildman–Crippen LogP) is 3.98. The van der Waals surface area contributed by atoms with E-state index in [0.717, 1.165) is 31.2 Å². The lowest BCUT2D eigenvalue weighted by Crippen LogP contribution is -2.47. The molecule has 2 rings (SSSR count). The first kappa shape index (κ1) is 20.4. The van der Waals surface area contributed by atoms with Gasteiger partial charge in [0, 0.05) is 23.7 Å². The van der Waals surface area contributed by atoms with Gasteiger partial charge in [-0.3, -0.25) is 0 Å². The number of benzene rings is 1. The summed E-state index contributed by atoms with van der Waals surface area (Å²) in [5.74, 6) is 0. The van der Waals surface area contributed by atoms with Crippen molar-refractivity contribution >= 4 is 23.7 Å². The molecule has 0 spiro atoms. The third-order valence-corrected chi connectivity index (χ3v) is 4.40. The molecule has 26 heavy (non-hydrogen) atoms. The molecule has 3 N–H and O–H groups in total. The molecule has 1 aliphatic carbocycles. The van der Waals surface area contributed by atoms with E-state index in [0.29, 0.717) is 11.6 Å². The molecule has 3 amide bonds. The first-order chi connectivity index (χ1) is 12.2. The number of amides is 3. The van der Waals surface area contributed by atoms with Crippen LogP contribution in [0.1, 0.15) is 52.0 Å². The fourth-order valence-corrected chi connectivity index (χ4v) is 3.00. The third-order valence-electron chi connectivity index (χ3n) is 4.15. The Balaban J connectivity index is 1.65. The van der Waals surface area contributed by atoms with Crippen LogP contribution in [0.5, 0.6) is 0 Å². The van der Waals surface area contributed by atoms with Gasteiger partial charge in [-0.25, -0.2) is 9.59 Å². The van der Waals surface area contributed by atoms with Gasteiger partial charge >= 0.3 is 12.1 Å². The monoisotopic (exact) mass is 381 g/mol. The van der Waals surface area contributed by atoms with Gasteiger partial charge in [0.2, 0.25) is 0 Å². The van der Waals surface area contributed by atoms with Crippen LogP contribution in [0.4, 0.5) is 9.59 Å². The second-order valence-electron chi connectivity index (χ2n) is 7.65. The van der Waals surface area contributed by atoms with Gasteiger partial charge in [-0.2, -0.15) is 0 Å². The number of hydrogen-bond acceptors (Lipinski definition) is 3. The van der Waals surface area contributed by atoms with Crippen molar-refractivity contribution in [2.45, 2.75) is 70.7 Å². The Morgan fingerprint density at radius 3 is 2.12 bits per heavy atom. The van der Waals surface area contributed by atoms with E-state index in [4.69, 9.17) is 16.3 Å². The first-order valence-corrected chi connectivity index (χ1v) is 9.37. The number of urea groups is 1. The highest BCUT2D eigenvalue weighted by atomic mass is 35.5.